The van der Waals surface area contributed by atoms with E-state index in [0.717, 1.165) is 5.69 Å². The number of benzene rings is 4. The number of para-hydroxylation sites is 4. The van der Waals surface area contributed by atoms with Crippen LogP contribution >= 0.6 is 0 Å². The second kappa shape index (κ2) is 11.8. The minimum Gasteiger partial charge on any atom is -0.439 e. The summed E-state index contributed by atoms with van der Waals surface area (Å²) in [5, 5.41) is 11.6. The average Bonchev–Trinajstić information content (AvgIpc) is 3.69. The standard InChI is InChI=1S/C37H32N6O3/c1-24-34(40-41(35(24)44)27-16-8-4-9-17-27)33(31-25(2)38-42(36(31)45)28-18-10-5-11-19-28)32-26(3)39-43(29-20-12-6-13-21-29)37(32)46-30-22-14-7-15-23-30/h4-23,33,38,40H,1-3H3. The number of rotatable bonds is 8. The summed E-state index contributed by atoms with van der Waals surface area (Å²) in [7, 11) is 0. The van der Waals surface area contributed by atoms with Crippen molar-refractivity contribution in [3.05, 3.63) is 176 Å². The van der Waals surface area contributed by atoms with Gasteiger partial charge in [0.25, 0.3) is 11.1 Å². The fourth-order valence-corrected chi connectivity index (χ4v) is 5.96. The highest BCUT2D eigenvalue weighted by Crippen LogP contribution is 2.42. The van der Waals surface area contributed by atoms with E-state index in [1.165, 1.54) is 9.36 Å². The Morgan fingerprint density at radius 3 is 1.67 bits per heavy atom. The van der Waals surface area contributed by atoms with Gasteiger partial charge < -0.3 is 4.74 Å². The van der Waals surface area contributed by atoms with Crippen molar-refractivity contribution in [1.29, 1.82) is 0 Å². The van der Waals surface area contributed by atoms with E-state index in [4.69, 9.17) is 9.84 Å². The zero-order valence-corrected chi connectivity index (χ0v) is 25.6. The first-order valence-corrected chi connectivity index (χ1v) is 15.0. The molecule has 0 aliphatic rings. The quantitative estimate of drug-likeness (QED) is 0.200. The Morgan fingerprint density at radius 1 is 0.609 bits per heavy atom. The van der Waals surface area contributed by atoms with E-state index in [-0.39, 0.29) is 11.1 Å². The maximum absolute atomic E-state index is 14.5. The Kier molecular flexibility index (Phi) is 7.34. The Bertz CT molecular complexity index is 2240. The van der Waals surface area contributed by atoms with Crippen LogP contribution < -0.4 is 15.9 Å². The number of H-pyrrole nitrogens is 2. The first-order chi connectivity index (χ1) is 22.4. The molecule has 46 heavy (non-hydrogen) atoms. The van der Waals surface area contributed by atoms with Crippen LogP contribution in [0.25, 0.3) is 17.1 Å². The molecular weight excluding hydrogens is 576 g/mol. The molecule has 0 aliphatic heterocycles. The maximum Gasteiger partial charge on any atom is 0.275 e. The number of aromatic amines is 2. The van der Waals surface area contributed by atoms with E-state index in [0.29, 0.717) is 56.8 Å². The smallest absolute Gasteiger partial charge is 0.275 e. The number of aromatic nitrogens is 6. The molecule has 4 aromatic carbocycles. The summed E-state index contributed by atoms with van der Waals surface area (Å²) in [6, 6.07) is 38.0. The molecular formula is C37H32N6O3. The lowest BCUT2D eigenvalue weighted by Crippen LogP contribution is -2.22. The van der Waals surface area contributed by atoms with E-state index in [1.54, 1.807) is 11.6 Å². The van der Waals surface area contributed by atoms with E-state index in [2.05, 4.69) is 10.2 Å². The number of hydrogen-bond acceptors (Lipinski definition) is 4. The summed E-state index contributed by atoms with van der Waals surface area (Å²) in [5.74, 6) is 0.306. The van der Waals surface area contributed by atoms with Crippen LogP contribution in [0.1, 0.15) is 39.7 Å². The molecule has 0 saturated carbocycles. The predicted octanol–water partition coefficient (Wildman–Crippen LogP) is 6.73. The molecule has 7 rings (SSSR count). The van der Waals surface area contributed by atoms with Crippen molar-refractivity contribution in [3.8, 4) is 28.7 Å². The lowest BCUT2D eigenvalue weighted by Gasteiger charge is -2.19. The van der Waals surface area contributed by atoms with Crippen LogP contribution in [0.2, 0.25) is 0 Å². The molecule has 3 heterocycles. The molecule has 0 spiro atoms. The molecule has 0 bridgehead atoms. The van der Waals surface area contributed by atoms with Crippen molar-refractivity contribution >= 4 is 0 Å². The highest BCUT2D eigenvalue weighted by atomic mass is 16.5. The number of ether oxygens (including phenoxy) is 1. The number of nitrogens with one attached hydrogen (secondary N) is 2. The van der Waals surface area contributed by atoms with Gasteiger partial charge in [0.1, 0.15) is 5.75 Å². The van der Waals surface area contributed by atoms with Gasteiger partial charge in [0.15, 0.2) is 0 Å². The topological polar surface area (TPSA) is 103 Å². The molecule has 0 fully saturated rings. The summed E-state index contributed by atoms with van der Waals surface area (Å²) >= 11 is 0. The Labute approximate surface area is 264 Å². The first kappa shape index (κ1) is 28.7. The van der Waals surface area contributed by atoms with Gasteiger partial charge in [0.2, 0.25) is 5.88 Å². The van der Waals surface area contributed by atoms with E-state index >= 15 is 0 Å². The fourth-order valence-electron chi connectivity index (χ4n) is 5.96. The van der Waals surface area contributed by atoms with Gasteiger partial charge in [-0.05, 0) is 69.3 Å². The Balaban J connectivity index is 1.54. The Morgan fingerprint density at radius 2 is 1.11 bits per heavy atom. The summed E-state index contributed by atoms with van der Waals surface area (Å²) in [5.41, 5.74) is 5.23. The van der Waals surface area contributed by atoms with Gasteiger partial charge in [-0.2, -0.15) is 5.10 Å². The van der Waals surface area contributed by atoms with Gasteiger partial charge in [0.05, 0.1) is 45.5 Å². The first-order valence-electron chi connectivity index (χ1n) is 15.0. The lowest BCUT2D eigenvalue weighted by molar-refractivity contribution is 0.438. The molecule has 0 radical (unpaired) electrons. The molecule has 0 saturated heterocycles. The normalized spacial score (nSPS) is 11.9. The summed E-state index contributed by atoms with van der Waals surface area (Å²) in [4.78, 5) is 28.3. The van der Waals surface area contributed by atoms with Gasteiger partial charge in [0, 0.05) is 11.3 Å². The fraction of sp³-hybridized carbons (Fsp3) is 0.108. The molecule has 0 amide bonds. The predicted molar refractivity (Wildman–Crippen MR) is 178 cm³/mol. The number of hydrogen-bond donors (Lipinski definition) is 2. The molecule has 7 aromatic rings. The monoisotopic (exact) mass is 608 g/mol. The molecule has 1 atom stereocenters. The van der Waals surface area contributed by atoms with Crippen LogP contribution in [-0.4, -0.2) is 29.3 Å². The van der Waals surface area contributed by atoms with Gasteiger partial charge in [-0.25, -0.2) is 14.0 Å². The summed E-state index contributed by atoms with van der Waals surface area (Å²) in [6.45, 7) is 5.56. The minimum atomic E-state index is -0.748. The van der Waals surface area contributed by atoms with Gasteiger partial charge in [-0.1, -0.05) is 72.8 Å². The number of nitrogens with zero attached hydrogens (tertiary/aromatic N) is 4. The largest absolute Gasteiger partial charge is 0.439 e. The third-order valence-electron chi connectivity index (χ3n) is 8.19. The highest BCUT2D eigenvalue weighted by molar-refractivity contribution is 5.54. The number of aryl methyl sites for hydroxylation is 2. The third-order valence-corrected chi connectivity index (χ3v) is 8.19. The molecule has 9 heteroatoms. The highest BCUT2D eigenvalue weighted by Gasteiger charge is 2.36. The van der Waals surface area contributed by atoms with Crippen molar-refractivity contribution < 1.29 is 4.74 Å². The minimum absolute atomic E-state index is 0.207. The molecule has 9 nitrogen and oxygen atoms in total. The zero-order valence-electron chi connectivity index (χ0n) is 25.6. The molecule has 1 unspecified atom stereocenters. The van der Waals surface area contributed by atoms with E-state index < -0.39 is 5.92 Å². The zero-order chi connectivity index (χ0) is 31.8. The maximum atomic E-state index is 14.5. The lowest BCUT2D eigenvalue weighted by atomic mass is 9.87. The summed E-state index contributed by atoms with van der Waals surface area (Å²) < 4.78 is 11.5. The van der Waals surface area contributed by atoms with Gasteiger partial charge >= 0.3 is 0 Å². The van der Waals surface area contributed by atoms with Crippen molar-refractivity contribution in [3.63, 3.8) is 0 Å². The summed E-state index contributed by atoms with van der Waals surface area (Å²) in [6.07, 6.45) is 0. The second-order valence-corrected chi connectivity index (χ2v) is 11.2. The average molecular weight is 609 g/mol. The van der Waals surface area contributed by atoms with Gasteiger partial charge in [-0.15, -0.1) is 0 Å². The van der Waals surface area contributed by atoms with Gasteiger partial charge in [-0.3, -0.25) is 19.8 Å². The van der Waals surface area contributed by atoms with Crippen molar-refractivity contribution in [1.82, 2.24) is 29.3 Å². The third kappa shape index (κ3) is 4.97. The Hall–Kier alpha value is -6.09. The van der Waals surface area contributed by atoms with Crippen molar-refractivity contribution in [2.75, 3.05) is 0 Å². The van der Waals surface area contributed by atoms with Crippen LogP contribution in [0, 0.1) is 20.8 Å². The van der Waals surface area contributed by atoms with Crippen molar-refractivity contribution in [2.45, 2.75) is 26.7 Å². The molecule has 228 valence electrons. The van der Waals surface area contributed by atoms with Crippen LogP contribution in [0.15, 0.2) is 131 Å². The molecule has 0 aliphatic carbocycles. The van der Waals surface area contributed by atoms with Crippen LogP contribution in [0.4, 0.5) is 0 Å². The van der Waals surface area contributed by atoms with Crippen LogP contribution in [0.3, 0.4) is 0 Å². The van der Waals surface area contributed by atoms with Crippen LogP contribution in [-0.2, 0) is 0 Å². The van der Waals surface area contributed by atoms with Crippen LogP contribution in [0.5, 0.6) is 11.6 Å². The van der Waals surface area contributed by atoms with Crippen molar-refractivity contribution in [2.24, 2.45) is 0 Å². The van der Waals surface area contributed by atoms with E-state index in [1.807, 2.05) is 135 Å². The second-order valence-electron chi connectivity index (χ2n) is 11.2. The molecule has 2 N–H and O–H groups in total. The molecule has 3 aromatic heterocycles. The SMILES string of the molecule is Cc1nn(-c2ccccc2)c(Oc2ccccc2)c1C(c1[nH]n(-c2ccccc2)c(=O)c1C)c1c(C)[nH]n(-c2ccccc2)c1=O. The van der Waals surface area contributed by atoms with E-state index in [9.17, 15) is 9.59 Å².